The second-order valence-electron chi connectivity index (χ2n) is 4.84. The molecule has 1 aromatic heterocycles. The van der Waals surface area contributed by atoms with Crippen molar-refractivity contribution in [2.75, 3.05) is 5.32 Å². The maximum absolute atomic E-state index is 13.6. The van der Waals surface area contributed by atoms with Gasteiger partial charge in [0.05, 0.1) is 5.56 Å². The fraction of sp³-hybridized carbons (Fsp3) is 0.214. The Hall–Kier alpha value is -2.70. The van der Waals surface area contributed by atoms with E-state index in [0.717, 1.165) is 25.0 Å². The summed E-state index contributed by atoms with van der Waals surface area (Å²) in [5, 5.41) is 11.5. The Bertz CT molecular complexity index is 768. The summed E-state index contributed by atoms with van der Waals surface area (Å²) in [6.07, 6.45) is 5.06. The highest BCUT2D eigenvalue weighted by molar-refractivity contribution is 5.88. The molecule has 0 bridgehead atoms. The molecule has 2 aromatic rings. The maximum atomic E-state index is 13.6. The van der Waals surface area contributed by atoms with E-state index >= 15 is 0 Å². The van der Waals surface area contributed by atoms with Gasteiger partial charge in [-0.25, -0.2) is 14.2 Å². The average molecular weight is 289 g/mol. The molecule has 1 saturated carbocycles. The average Bonchev–Trinajstić information content (AvgIpc) is 3.25. The third-order valence-corrected chi connectivity index (χ3v) is 3.27. The first kappa shape index (κ1) is 13.3. The lowest BCUT2D eigenvalue weighted by Gasteiger charge is -2.08. The van der Waals surface area contributed by atoms with E-state index in [1.54, 1.807) is 10.8 Å². The number of halogens is 1. The summed E-state index contributed by atoms with van der Waals surface area (Å²) in [7, 11) is 0. The molecule has 108 valence electrons. The van der Waals surface area contributed by atoms with Gasteiger partial charge >= 0.3 is 5.97 Å². The maximum Gasteiger partial charge on any atom is 0.338 e. The molecular weight excluding hydrogens is 277 g/mol. The van der Waals surface area contributed by atoms with Crippen LogP contribution >= 0.6 is 0 Å². The molecule has 1 aliphatic rings. The number of carboxylic acid groups (broad SMARTS) is 1. The third kappa shape index (κ3) is 2.62. The summed E-state index contributed by atoms with van der Waals surface area (Å²) in [6, 6.07) is 3.77. The second kappa shape index (κ2) is 5.01. The highest BCUT2D eigenvalue weighted by Gasteiger charge is 2.25. The minimum atomic E-state index is -1.34. The second-order valence-corrected chi connectivity index (χ2v) is 4.84. The Balaban J connectivity index is 1.90. The number of nitrogens with zero attached hydrogens (tertiary/aromatic N) is 2. The van der Waals surface area contributed by atoms with Crippen molar-refractivity contribution in [1.29, 1.82) is 0 Å². The van der Waals surface area contributed by atoms with E-state index in [-0.39, 0.29) is 23.1 Å². The molecule has 7 heteroatoms. The lowest BCUT2D eigenvalue weighted by atomic mass is 10.2. The van der Waals surface area contributed by atoms with E-state index in [2.05, 4.69) is 10.3 Å². The fourth-order valence-electron chi connectivity index (χ4n) is 2.05. The standard InChI is InChI=1S/C14H12FN3O3/c15-11-7-8(1-4-10(11)14(20)21)17-12-13(19)18(6-5-16-12)9-2-3-9/h1,4-7,9H,2-3H2,(H,16,17)(H,20,21). The van der Waals surface area contributed by atoms with Crippen LogP contribution in [-0.4, -0.2) is 20.6 Å². The molecule has 0 spiro atoms. The Morgan fingerprint density at radius 3 is 2.81 bits per heavy atom. The number of nitrogens with one attached hydrogen (secondary N) is 1. The monoisotopic (exact) mass is 289 g/mol. The van der Waals surface area contributed by atoms with Crippen molar-refractivity contribution in [3.8, 4) is 0 Å². The molecule has 0 unspecified atom stereocenters. The number of benzene rings is 1. The van der Waals surface area contributed by atoms with Crippen LogP contribution in [0.5, 0.6) is 0 Å². The number of anilines is 2. The summed E-state index contributed by atoms with van der Waals surface area (Å²) >= 11 is 0. The van der Waals surface area contributed by atoms with Crippen LogP contribution in [0.2, 0.25) is 0 Å². The van der Waals surface area contributed by atoms with Gasteiger partial charge in [0.2, 0.25) is 0 Å². The molecular formula is C14H12FN3O3. The van der Waals surface area contributed by atoms with E-state index in [9.17, 15) is 14.0 Å². The lowest BCUT2D eigenvalue weighted by Crippen LogP contribution is -2.22. The molecule has 0 radical (unpaired) electrons. The summed E-state index contributed by atoms with van der Waals surface area (Å²) in [4.78, 5) is 26.9. The number of carboxylic acids is 1. The van der Waals surface area contributed by atoms with Crippen molar-refractivity contribution in [2.24, 2.45) is 0 Å². The molecule has 0 amide bonds. The van der Waals surface area contributed by atoms with Crippen molar-refractivity contribution in [3.05, 3.63) is 52.3 Å². The minimum absolute atomic E-state index is 0.0897. The number of hydrogen-bond acceptors (Lipinski definition) is 4. The zero-order valence-corrected chi connectivity index (χ0v) is 10.9. The molecule has 1 fully saturated rings. The fourth-order valence-corrected chi connectivity index (χ4v) is 2.05. The summed E-state index contributed by atoms with van der Waals surface area (Å²) in [6.45, 7) is 0. The van der Waals surface area contributed by atoms with Gasteiger partial charge in [0.25, 0.3) is 5.56 Å². The van der Waals surface area contributed by atoms with Gasteiger partial charge in [0.15, 0.2) is 5.82 Å². The number of hydrogen-bond donors (Lipinski definition) is 2. The Labute approximate surface area is 118 Å². The van der Waals surface area contributed by atoms with Crippen molar-refractivity contribution in [1.82, 2.24) is 9.55 Å². The predicted molar refractivity (Wildman–Crippen MR) is 73.4 cm³/mol. The zero-order chi connectivity index (χ0) is 15.0. The van der Waals surface area contributed by atoms with Gasteiger partial charge in [-0.1, -0.05) is 0 Å². The number of aromatic carboxylic acids is 1. The highest BCUT2D eigenvalue weighted by Crippen LogP contribution is 2.33. The first-order chi connectivity index (χ1) is 10.1. The molecule has 3 rings (SSSR count). The van der Waals surface area contributed by atoms with Crippen molar-refractivity contribution >= 4 is 17.5 Å². The highest BCUT2D eigenvalue weighted by atomic mass is 19.1. The molecule has 1 heterocycles. The van der Waals surface area contributed by atoms with Gasteiger partial charge < -0.3 is 15.0 Å². The van der Waals surface area contributed by atoms with Crippen molar-refractivity contribution in [2.45, 2.75) is 18.9 Å². The summed E-state index contributed by atoms with van der Waals surface area (Å²) in [5.41, 5.74) is -0.421. The molecule has 6 nitrogen and oxygen atoms in total. The molecule has 0 aliphatic heterocycles. The van der Waals surface area contributed by atoms with E-state index < -0.39 is 17.3 Å². The number of aromatic nitrogens is 2. The number of carbonyl (C=O) groups is 1. The van der Waals surface area contributed by atoms with Crippen LogP contribution in [-0.2, 0) is 0 Å². The van der Waals surface area contributed by atoms with Crippen LogP contribution in [0.3, 0.4) is 0 Å². The van der Waals surface area contributed by atoms with Crippen molar-refractivity contribution < 1.29 is 14.3 Å². The summed E-state index contributed by atoms with van der Waals surface area (Å²) < 4.78 is 15.2. The van der Waals surface area contributed by atoms with Gasteiger partial charge in [-0.2, -0.15) is 0 Å². The number of rotatable bonds is 4. The van der Waals surface area contributed by atoms with E-state index in [4.69, 9.17) is 5.11 Å². The largest absolute Gasteiger partial charge is 0.478 e. The molecule has 1 aromatic carbocycles. The molecule has 2 N–H and O–H groups in total. The first-order valence-corrected chi connectivity index (χ1v) is 6.43. The van der Waals surface area contributed by atoms with Crippen LogP contribution in [0.4, 0.5) is 15.9 Å². The van der Waals surface area contributed by atoms with Crippen LogP contribution in [0.1, 0.15) is 29.2 Å². The molecule has 0 atom stereocenters. The van der Waals surface area contributed by atoms with Gasteiger partial charge in [-0.3, -0.25) is 4.79 Å². The Morgan fingerprint density at radius 2 is 2.19 bits per heavy atom. The Kier molecular flexibility index (Phi) is 3.17. The molecule has 0 saturated heterocycles. The van der Waals surface area contributed by atoms with E-state index in [1.807, 2.05) is 0 Å². The minimum Gasteiger partial charge on any atom is -0.478 e. The summed E-state index contributed by atoms with van der Waals surface area (Å²) in [5.74, 6) is -2.12. The first-order valence-electron chi connectivity index (χ1n) is 6.43. The smallest absolute Gasteiger partial charge is 0.338 e. The van der Waals surface area contributed by atoms with E-state index in [1.165, 1.54) is 12.3 Å². The zero-order valence-electron chi connectivity index (χ0n) is 10.9. The topological polar surface area (TPSA) is 84.2 Å². The third-order valence-electron chi connectivity index (χ3n) is 3.27. The van der Waals surface area contributed by atoms with Gasteiger partial charge in [0.1, 0.15) is 5.82 Å². The molecule has 1 aliphatic carbocycles. The lowest BCUT2D eigenvalue weighted by molar-refractivity contribution is 0.0692. The van der Waals surface area contributed by atoms with Crippen LogP contribution in [0.15, 0.2) is 35.4 Å². The normalized spacial score (nSPS) is 14.0. The molecule has 21 heavy (non-hydrogen) atoms. The van der Waals surface area contributed by atoms with Crippen LogP contribution < -0.4 is 10.9 Å². The quantitative estimate of drug-likeness (QED) is 0.901. The van der Waals surface area contributed by atoms with Gasteiger partial charge in [-0.05, 0) is 31.0 Å². The van der Waals surface area contributed by atoms with Crippen LogP contribution in [0, 0.1) is 5.82 Å². The predicted octanol–water partition coefficient (Wildman–Crippen LogP) is 2.16. The van der Waals surface area contributed by atoms with E-state index in [0.29, 0.717) is 0 Å². The Morgan fingerprint density at radius 1 is 1.43 bits per heavy atom. The van der Waals surface area contributed by atoms with Crippen LogP contribution in [0.25, 0.3) is 0 Å². The SMILES string of the molecule is O=C(O)c1ccc(Nc2nccn(C3CC3)c2=O)cc1F. The van der Waals surface area contributed by atoms with Gasteiger partial charge in [-0.15, -0.1) is 0 Å². The van der Waals surface area contributed by atoms with Gasteiger partial charge in [0, 0.05) is 24.1 Å². The van der Waals surface area contributed by atoms with Crippen molar-refractivity contribution in [3.63, 3.8) is 0 Å².